The van der Waals surface area contributed by atoms with Gasteiger partial charge in [-0.15, -0.1) is 11.3 Å². The maximum Gasteiger partial charge on any atom is 0.261 e. The predicted molar refractivity (Wildman–Crippen MR) is 124 cm³/mol. The van der Waals surface area contributed by atoms with Crippen molar-refractivity contribution in [1.82, 2.24) is 14.8 Å². The van der Waals surface area contributed by atoms with Gasteiger partial charge in [-0.3, -0.25) is 23.9 Å². The largest absolute Gasteiger partial charge is 0.390 e. The summed E-state index contributed by atoms with van der Waals surface area (Å²) >= 11 is 6.98. The number of carbonyl (C=O) groups excluding carboxylic acids is 2. The number of carbonyl (C=O) groups is 2. The number of thiophene rings is 1. The number of rotatable bonds is 6. The molecule has 1 aliphatic rings. The van der Waals surface area contributed by atoms with Gasteiger partial charge in [0, 0.05) is 31.4 Å². The molecule has 0 bridgehead atoms. The van der Waals surface area contributed by atoms with E-state index >= 15 is 0 Å². The number of nitrogens with zero attached hydrogens (tertiary/aromatic N) is 2. The van der Waals surface area contributed by atoms with E-state index in [-0.39, 0.29) is 36.8 Å². The van der Waals surface area contributed by atoms with Crippen LogP contribution >= 0.6 is 22.9 Å². The monoisotopic (exact) mass is 490 g/mol. The Morgan fingerprint density at radius 2 is 2.00 bits per heavy atom. The van der Waals surface area contributed by atoms with Crippen LogP contribution in [0, 0.1) is 5.82 Å². The molecule has 1 fully saturated rings. The zero-order valence-electron chi connectivity index (χ0n) is 17.2. The maximum atomic E-state index is 14.5. The molecule has 11 heteroatoms. The van der Waals surface area contributed by atoms with Gasteiger partial charge in [-0.1, -0.05) is 17.7 Å². The number of hydrogen-bond acceptors (Lipinski definition) is 6. The summed E-state index contributed by atoms with van der Waals surface area (Å²) in [5.41, 5.74) is 0.0152. The molecule has 1 aromatic carbocycles. The molecule has 0 saturated carbocycles. The number of hydrogen-bond donors (Lipinski definition) is 3. The Morgan fingerprint density at radius 1 is 1.18 bits per heavy atom. The molecule has 0 unspecified atom stereocenters. The number of nitrogens with one attached hydrogen (secondary N) is 2. The first kappa shape index (κ1) is 23.1. The van der Waals surface area contributed by atoms with Crippen molar-refractivity contribution in [2.45, 2.75) is 12.1 Å². The van der Waals surface area contributed by atoms with Crippen LogP contribution in [-0.4, -0.2) is 58.2 Å². The van der Waals surface area contributed by atoms with Gasteiger partial charge in [0.1, 0.15) is 5.82 Å². The molecule has 0 spiro atoms. The lowest BCUT2D eigenvalue weighted by Gasteiger charge is -2.16. The second kappa shape index (κ2) is 9.84. The van der Waals surface area contributed by atoms with Crippen molar-refractivity contribution in [2.24, 2.45) is 0 Å². The Labute approximate surface area is 197 Å². The maximum absolute atomic E-state index is 14.5. The van der Waals surface area contributed by atoms with Gasteiger partial charge in [0.15, 0.2) is 0 Å². The highest BCUT2D eigenvalue weighted by atomic mass is 35.5. The van der Waals surface area contributed by atoms with Crippen LogP contribution < -0.4 is 16.2 Å². The summed E-state index contributed by atoms with van der Waals surface area (Å²) in [4.78, 5) is 38.7. The second-order valence-electron chi connectivity index (χ2n) is 7.57. The predicted octanol–water partition coefficient (Wildman–Crippen LogP) is 2.11. The van der Waals surface area contributed by atoms with Crippen LogP contribution in [0.4, 0.5) is 10.1 Å². The third-order valence-corrected chi connectivity index (χ3v) is 6.40. The first-order valence-corrected chi connectivity index (χ1v) is 11.2. The van der Waals surface area contributed by atoms with E-state index in [0.717, 1.165) is 11.3 Å². The number of likely N-dealkylation sites (tertiary alicyclic amines) is 1. The van der Waals surface area contributed by atoms with Crippen molar-refractivity contribution in [2.75, 3.05) is 25.0 Å². The molecule has 3 heterocycles. The molecule has 3 aromatic rings. The quantitative estimate of drug-likeness (QED) is 0.491. The van der Waals surface area contributed by atoms with Crippen LogP contribution in [0.5, 0.6) is 0 Å². The minimum absolute atomic E-state index is 0.0214. The molecular weight excluding hydrogens is 471 g/mol. The number of β-amino-alcohol motifs (C(OH)–C–C–N with tert-alkyl or cyclic N) is 1. The normalized spacial score (nSPS) is 18.3. The molecule has 0 radical (unpaired) electrons. The van der Waals surface area contributed by atoms with Crippen molar-refractivity contribution < 1.29 is 19.1 Å². The van der Waals surface area contributed by atoms with E-state index in [1.165, 1.54) is 35.0 Å². The topological polar surface area (TPSA) is 104 Å². The number of pyridine rings is 1. The van der Waals surface area contributed by atoms with Crippen LogP contribution in [0.25, 0.3) is 5.69 Å². The van der Waals surface area contributed by atoms with Gasteiger partial charge in [-0.25, -0.2) is 4.39 Å². The summed E-state index contributed by atoms with van der Waals surface area (Å²) < 4.78 is 16.3. The fourth-order valence-corrected chi connectivity index (χ4v) is 4.55. The number of aliphatic hydroxyl groups is 1. The summed E-state index contributed by atoms with van der Waals surface area (Å²) in [7, 11) is 0. The average molecular weight is 491 g/mol. The summed E-state index contributed by atoms with van der Waals surface area (Å²) in [5.74, 6) is -1.50. The Hall–Kier alpha value is -3.05. The Bertz CT molecular complexity index is 1250. The van der Waals surface area contributed by atoms with E-state index in [1.807, 2.05) is 0 Å². The molecule has 2 amide bonds. The average Bonchev–Trinajstić information content (AvgIpc) is 3.35. The van der Waals surface area contributed by atoms with Gasteiger partial charge in [-0.05, 0) is 30.3 Å². The Balaban J connectivity index is 1.34. The lowest BCUT2D eigenvalue weighted by Crippen LogP contribution is -2.42. The number of anilines is 1. The van der Waals surface area contributed by atoms with Crippen LogP contribution in [0.2, 0.25) is 4.34 Å². The number of benzene rings is 1. The van der Waals surface area contributed by atoms with Crippen LogP contribution in [-0.2, 0) is 4.79 Å². The molecule has 33 heavy (non-hydrogen) atoms. The zero-order valence-corrected chi connectivity index (χ0v) is 18.8. The molecule has 0 aliphatic carbocycles. The van der Waals surface area contributed by atoms with Crippen molar-refractivity contribution >= 4 is 40.4 Å². The Morgan fingerprint density at radius 3 is 2.70 bits per heavy atom. The smallest absolute Gasteiger partial charge is 0.261 e. The SMILES string of the molecule is O=C(CN1C[C@@H](O)[C@@H](NC(=O)c2ccc(Cl)s2)C1)Nc1ccc(-n2ccccc2=O)cc1F. The molecule has 1 saturated heterocycles. The lowest BCUT2D eigenvalue weighted by atomic mass is 10.2. The first-order valence-electron chi connectivity index (χ1n) is 10.0. The summed E-state index contributed by atoms with van der Waals surface area (Å²) in [6, 6.07) is 11.4. The van der Waals surface area contributed by atoms with E-state index in [0.29, 0.717) is 14.9 Å². The third kappa shape index (κ3) is 5.48. The zero-order chi connectivity index (χ0) is 23.5. The van der Waals surface area contributed by atoms with Gasteiger partial charge in [-0.2, -0.15) is 0 Å². The number of amides is 2. The standard InChI is InChI=1S/C22H20ClFN4O4S/c23-19-7-6-18(33-19)22(32)26-16-10-27(11-17(16)29)12-20(30)25-15-5-4-13(9-14(15)24)28-8-2-1-3-21(28)31/h1-9,16-17,29H,10-12H2,(H,25,30)(H,26,32)/t16-,17+/m0/s1. The van der Waals surface area contributed by atoms with E-state index in [2.05, 4.69) is 10.6 Å². The molecule has 2 atom stereocenters. The molecule has 2 aromatic heterocycles. The molecule has 4 rings (SSSR count). The molecule has 172 valence electrons. The number of aliphatic hydroxyl groups excluding tert-OH is 1. The molecule has 1 aliphatic heterocycles. The minimum Gasteiger partial charge on any atom is -0.390 e. The summed E-state index contributed by atoms with van der Waals surface area (Å²) in [6.45, 7) is 0.354. The van der Waals surface area contributed by atoms with Crippen molar-refractivity contribution in [3.8, 4) is 5.69 Å². The van der Waals surface area contributed by atoms with E-state index in [1.54, 1.807) is 29.2 Å². The summed E-state index contributed by atoms with van der Waals surface area (Å²) in [5, 5.41) is 15.5. The fraction of sp³-hybridized carbons (Fsp3) is 0.227. The second-order valence-corrected chi connectivity index (χ2v) is 9.28. The van der Waals surface area contributed by atoms with Gasteiger partial charge < -0.3 is 15.7 Å². The van der Waals surface area contributed by atoms with Gasteiger partial charge in [0.05, 0.1) is 39.3 Å². The van der Waals surface area contributed by atoms with Crippen LogP contribution in [0.1, 0.15) is 9.67 Å². The highest BCUT2D eigenvalue weighted by Crippen LogP contribution is 2.22. The highest BCUT2D eigenvalue weighted by Gasteiger charge is 2.33. The van der Waals surface area contributed by atoms with Gasteiger partial charge in [0.2, 0.25) is 5.91 Å². The minimum atomic E-state index is -0.850. The Kier molecular flexibility index (Phi) is 6.89. The lowest BCUT2D eigenvalue weighted by molar-refractivity contribution is -0.117. The number of halogens is 2. The van der Waals surface area contributed by atoms with Gasteiger partial charge in [0.25, 0.3) is 11.5 Å². The van der Waals surface area contributed by atoms with Crippen molar-refractivity contribution in [3.05, 3.63) is 80.1 Å². The first-order chi connectivity index (χ1) is 15.8. The van der Waals surface area contributed by atoms with Crippen molar-refractivity contribution in [1.29, 1.82) is 0 Å². The molecule has 3 N–H and O–H groups in total. The fourth-order valence-electron chi connectivity index (χ4n) is 3.60. The number of aromatic nitrogens is 1. The van der Waals surface area contributed by atoms with Gasteiger partial charge >= 0.3 is 0 Å². The van der Waals surface area contributed by atoms with E-state index in [4.69, 9.17) is 11.6 Å². The van der Waals surface area contributed by atoms with E-state index in [9.17, 15) is 23.9 Å². The van der Waals surface area contributed by atoms with E-state index < -0.39 is 23.9 Å². The molecule has 8 nitrogen and oxygen atoms in total. The third-order valence-electron chi connectivity index (χ3n) is 5.17. The van der Waals surface area contributed by atoms with Crippen LogP contribution in [0.15, 0.2) is 59.5 Å². The molecular formula is C22H20ClFN4O4S. The van der Waals surface area contributed by atoms with Crippen LogP contribution in [0.3, 0.4) is 0 Å². The van der Waals surface area contributed by atoms with Crippen molar-refractivity contribution in [3.63, 3.8) is 0 Å². The highest BCUT2D eigenvalue weighted by molar-refractivity contribution is 7.18. The summed E-state index contributed by atoms with van der Waals surface area (Å²) in [6.07, 6.45) is 0.674.